The lowest BCUT2D eigenvalue weighted by Crippen LogP contribution is -2.09. The predicted molar refractivity (Wildman–Crippen MR) is 103 cm³/mol. The molecule has 3 rings (SSSR count). The van der Waals surface area contributed by atoms with E-state index in [1.807, 2.05) is 13.8 Å². The number of halogens is 1. The summed E-state index contributed by atoms with van der Waals surface area (Å²) in [7, 11) is -4.02. The van der Waals surface area contributed by atoms with Crippen LogP contribution in [-0.4, -0.2) is 19.6 Å². The number of aromatic nitrogens is 1. The van der Waals surface area contributed by atoms with Gasteiger partial charge >= 0.3 is 10.1 Å². The number of rotatable bonds is 6. The van der Waals surface area contributed by atoms with Crippen molar-refractivity contribution in [2.75, 3.05) is 5.43 Å². The summed E-state index contributed by atoms with van der Waals surface area (Å²) in [4.78, 5) is 5.32. The Labute approximate surface area is 160 Å². The Hall–Kier alpha value is -2.78. The second-order valence-corrected chi connectivity index (χ2v) is 8.34. The van der Waals surface area contributed by atoms with Gasteiger partial charge in [-0.3, -0.25) is 5.43 Å². The fourth-order valence-electron chi connectivity index (χ4n) is 2.07. The molecule has 140 valence electrons. The smallest absolute Gasteiger partial charge is 0.339 e. The monoisotopic (exact) mass is 405 g/mol. The van der Waals surface area contributed by atoms with Crippen molar-refractivity contribution in [3.05, 3.63) is 70.5 Å². The Kier molecular flexibility index (Phi) is 5.52. The summed E-state index contributed by atoms with van der Waals surface area (Å²) in [5, 5.41) is 4.81. The molecule has 6 nitrogen and oxygen atoms in total. The van der Waals surface area contributed by atoms with Crippen LogP contribution >= 0.6 is 11.3 Å². The number of benzene rings is 2. The molecule has 1 aromatic heterocycles. The minimum Gasteiger partial charge on any atom is -0.379 e. The summed E-state index contributed by atoms with van der Waals surface area (Å²) in [5.41, 5.74) is 4.56. The van der Waals surface area contributed by atoms with E-state index >= 15 is 0 Å². The molecule has 0 aliphatic heterocycles. The number of hydrogen-bond acceptors (Lipinski definition) is 7. The molecule has 0 amide bonds. The molecule has 0 saturated heterocycles. The van der Waals surface area contributed by atoms with Gasteiger partial charge in [-0.2, -0.15) is 13.5 Å². The van der Waals surface area contributed by atoms with Gasteiger partial charge in [-0.05, 0) is 67.9 Å². The summed E-state index contributed by atoms with van der Waals surface area (Å²) in [6.45, 7) is 3.92. The number of hydrogen-bond donors (Lipinski definition) is 1. The zero-order valence-corrected chi connectivity index (χ0v) is 16.1. The summed E-state index contributed by atoms with van der Waals surface area (Å²) in [5.74, 6) is -0.370. The average molecular weight is 405 g/mol. The highest BCUT2D eigenvalue weighted by molar-refractivity contribution is 7.87. The average Bonchev–Trinajstić information content (AvgIpc) is 2.94. The molecule has 27 heavy (non-hydrogen) atoms. The van der Waals surface area contributed by atoms with E-state index in [0.717, 1.165) is 40.4 Å². The molecule has 0 radical (unpaired) electrons. The first kappa shape index (κ1) is 19.0. The van der Waals surface area contributed by atoms with Gasteiger partial charge in [-0.1, -0.05) is 0 Å². The van der Waals surface area contributed by atoms with Crippen molar-refractivity contribution in [2.24, 2.45) is 5.10 Å². The summed E-state index contributed by atoms with van der Waals surface area (Å²) in [6.07, 6.45) is 1.59. The minimum atomic E-state index is -4.02. The van der Waals surface area contributed by atoms with Gasteiger partial charge in [0.2, 0.25) is 5.13 Å². The second kappa shape index (κ2) is 7.85. The van der Waals surface area contributed by atoms with E-state index < -0.39 is 15.9 Å². The van der Waals surface area contributed by atoms with Crippen LogP contribution in [0.3, 0.4) is 0 Å². The predicted octanol–water partition coefficient (Wildman–Crippen LogP) is 4.11. The lowest BCUT2D eigenvalue weighted by molar-refractivity contribution is 0.486. The van der Waals surface area contributed by atoms with Gasteiger partial charge in [0.1, 0.15) is 16.5 Å². The van der Waals surface area contributed by atoms with Crippen molar-refractivity contribution < 1.29 is 17.0 Å². The molecule has 9 heteroatoms. The van der Waals surface area contributed by atoms with E-state index in [0.29, 0.717) is 5.13 Å². The summed E-state index contributed by atoms with van der Waals surface area (Å²) < 4.78 is 42.3. The maximum atomic E-state index is 12.9. The highest BCUT2D eigenvalue weighted by atomic mass is 32.2. The van der Waals surface area contributed by atoms with Crippen LogP contribution in [0.2, 0.25) is 0 Å². The molecule has 1 N–H and O–H groups in total. The number of anilines is 1. The highest BCUT2D eigenvalue weighted by Crippen LogP contribution is 2.21. The molecule has 0 fully saturated rings. The van der Waals surface area contributed by atoms with Gasteiger partial charge in [0.15, 0.2) is 0 Å². The van der Waals surface area contributed by atoms with Crippen LogP contribution in [0.15, 0.2) is 58.5 Å². The maximum Gasteiger partial charge on any atom is 0.339 e. The standard InChI is InChI=1S/C18H16FN3O3S2/c1-12-13(2)26-18(21-12)22-20-11-14-3-7-16(8-4-14)25-27(23,24)17-9-5-15(19)6-10-17/h3-11H,1-2H3,(H,21,22). The van der Waals surface area contributed by atoms with E-state index in [-0.39, 0.29) is 10.6 Å². The first-order chi connectivity index (χ1) is 12.8. The number of aryl methyl sites for hydroxylation is 2. The molecule has 0 spiro atoms. The largest absolute Gasteiger partial charge is 0.379 e. The summed E-state index contributed by atoms with van der Waals surface area (Å²) in [6, 6.07) is 10.8. The van der Waals surface area contributed by atoms with Crippen molar-refractivity contribution in [3.63, 3.8) is 0 Å². The molecule has 0 bridgehead atoms. The molecule has 3 aromatic rings. The van der Waals surface area contributed by atoms with Gasteiger partial charge in [0.25, 0.3) is 0 Å². The van der Waals surface area contributed by atoms with Crippen molar-refractivity contribution in [1.82, 2.24) is 4.98 Å². The van der Waals surface area contributed by atoms with Crippen molar-refractivity contribution in [2.45, 2.75) is 18.7 Å². The van der Waals surface area contributed by atoms with Gasteiger partial charge in [0.05, 0.1) is 11.9 Å². The number of nitrogens with zero attached hydrogens (tertiary/aromatic N) is 2. The lowest BCUT2D eigenvalue weighted by atomic mass is 10.2. The molecule has 0 aliphatic rings. The van der Waals surface area contributed by atoms with Crippen molar-refractivity contribution in [3.8, 4) is 5.75 Å². The van der Waals surface area contributed by atoms with Gasteiger partial charge < -0.3 is 4.18 Å². The molecule has 1 heterocycles. The van der Waals surface area contributed by atoms with Crippen molar-refractivity contribution >= 4 is 32.8 Å². The highest BCUT2D eigenvalue weighted by Gasteiger charge is 2.16. The quantitative estimate of drug-likeness (QED) is 0.379. The Balaban J connectivity index is 1.64. The lowest BCUT2D eigenvalue weighted by Gasteiger charge is -2.07. The van der Waals surface area contributed by atoms with Gasteiger partial charge in [0, 0.05) is 4.88 Å². The van der Waals surface area contributed by atoms with Crippen LogP contribution in [0.5, 0.6) is 5.75 Å². The van der Waals surface area contributed by atoms with Crippen LogP contribution in [0.25, 0.3) is 0 Å². The molecular formula is C18H16FN3O3S2. The third-order valence-corrected chi connectivity index (χ3v) is 5.83. The third kappa shape index (κ3) is 4.89. The molecule has 0 unspecified atom stereocenters. The van der Waals surface area contributed by atoms with Crippen LogP contribution in [0.4, 0.5) is 9.52 Å². The number of nitrogens with one attached hydrogen (secondary N) is 1. The Morgan fingerprint density at radius 2 is 1.78 bits per heavy atom. The van der Waals surface area contributed by atoms with E-state index in [1.54, 1.807) is 18.3 Å². The molecule has 0 aliphatic carbocycles. The molecule has 2 aromatic carbocycles. The SMILES string of the molecule is Cc1nc(NN=Cc2ccc(OS(=O)(=O)c3ccc(F)cc3)cc2)sc1C. The first-order valence-corrected chi connectivity index (χ1v) is 10.1. The summed E-state index contributed by atoms with van der Waals surface area (Å²) >= 11 is 1.51. The third-order valence-electron chi connectivity index (χ3n) is 3.59. The zero-order valence-electron chi connectivity index (χ0n) is 14.5. The Bertz CT molecular complexity index is 1040. The molecule has 0 saturated carbocycles. The van der Waals surface area contributed by atoms with Crippen LogP contribution in [0.1, 0.15) is 16.1 Å². The van der Waals surface area contributed by atoms with Gasteiger partial charge in [-0.25, -0.2) is 9.37 Å². The molecular weight excluding hydrogens is 389 g/mol. The van der Waals surface area contributed by atoms with Crippen LogP contribution in [-0.2, 0) is 10.1 Å². The topological polar surface area (TPSA) is 80.7 Å². The Morgan fingerprint density at radius 1 is 1.11 bits per heavy atom. The van der Waals surface area contributed by atoms with E-state index in [1.165, 1.54) is 23.5 Å². The normalized spacial score (nSPS) is 11.7. The van der Waals surface area contributed by atoms with Crippen LogP contribution in [0, 0.1) is 19.7 Å². The van der Waals surface area contributed by atoms with E-state index in [2.05, 4.69) is 15.5 Å². The minimum absolute atomic E-state index is 0.118. The Morgan fingerprint density at radius 3 is 2.37 bits per heavy atom. The fourth-order valence-corrected chi connectivity index (χ4v) is 3.76. The second-order valence-electron chi connectivity index (χ2n) is 5.59. The van der Waals surface area contributed by atoms with Crippen LogP contribution < -0.4 is 9.61 Å². The first-order valence-electron chi connectivity index (χ1n) is 7.87. The van der Waals surface area contributed by atoms with E-state index in [9.17, 15) is 12.8 Å². The number of hydrazone groups is 1. The zero-order chi connectivity index (χ0) is 19.4. The van der Waals surface area contributed by atoms with Crippen molar-refractivity contribution in [1.29, 1.82) is 0 Å². The van der Waals surface area contributed by atoms with E-state index in [4.69, 9.17) is 4.18 Å². The number of thiazole rings is 1. The van der Waals surface area contributed by atoms with Gasteiger partial charge in [-0.15, -0.1) is 11.3 Å². The fraction of sp³-hybridized carbons (Fsp3) is 0.111. The maximum absolute atomic E-state index is 12.9. The molecule has 0 atom stereocenters.